The standard InChI is InChI=1S/C9H10F3N3O2/c10-9(11,12)7-1-2-15(14-7)6-3-5(4-6)13-8(16)17/h1-2,5-6,13H,3-4H2,(H,16,17)/t5-,6-. The highest BCUT2D eigenvalue weighted by molar-refractivity contribution is 5.65. The zero-order valence-corrected chi connectivity index (χ0v) is 8.61. The van der Waals surface area contributed by atoms with Crippen LogP contribution in [0.4, 0.5) is 18.0 Å². The molecule has 0 radical (unpaired) electrons. The molecular weight excluding hydrogens is 239 g/mol. The van der Waals surface area contributed by atoms with Crippen molar-refractivity contribution in [2.75, 3.05) is 0 Å². The van der Waals surface area contributed by atoms with E-state index in [0.29, 0.717) is 12.8 Å². The lowest BCUT2D eigenvalue weighted by Gasteiger charge is -2.34. The Labute approximate surface area is 94.2 Å². The van der Waals surface area contributed by atoms with Crippen molar-refractivity contribution >= 4 is 6.09 Å². The van der Waals surface area contributed by atoms with Crippen LogP contribution in [0.25, 0.3) is 0 Å². The van der Waals surface area contributed by atoms with Gasteiger partial charge in [-0.1, -0.05) is 0 Å². The van der Waals surface area contributed by atoms with Gasteiger partial charge in [0.1, 0.15) is 0 Å². The molecule has 5 nitrogen and oxygen atoms in total. The number of hydrogen-bond acceptors (Lipinski definition) is 2. The fourth-order valence-electron chi connectivity index (χ4n) is 1.79. The predicted molar refractivity (Wildman–Crippen MR) is 50.4 cm³/mol. The van der Waals surface area contributed by atoms with Gasteiger partial charge < -0.3 is 10.4 Å². The number of halogens is 3. The summed E-state index contributed by atoms with van der Waals surface area (Å²) in [6, 6.07) is 0.553. The van der Waals surface area contributed by atoms with Crippen LogP contribution in [-0.2, 0) is 6.18 Å². The van der Waals surface area contributed by atoms with Crippen LogP contribution in [0.2, 0.25) is 0 Å². The minimum absolute atomic E-state index is 0.164. The van der Waals surface area contributed by atoms with Gasteiger partial charge in [0, 0.05) is 12.2 Å². The van der Waals surface area contributed by atoms with Crippen LogP contribution in [0.5, 0.6) is 0 Å². The lowest BCUT2D eigenvalue weighted by Crippen LogP contribution is -2.44. The monoisotopic (exact) mass is 249 g/mol. The Balaban J connectivity index is 1.93. The molecule has 0 atom stereocenters. The fourth-order valence-corrected chi connectivity index (χ4v) is 1.79. The molecule has 1 aliphatic rings. The smallest absolute Gasteiger partial charge is 0.435 e. The molecular formula is C9H10F3N3O2. The highest BCUT2D eigenvalue weighted by Gasteiger charge is 2.36. The minimum Gasteiger partial charge on any atom is -0.465 e. The van der Waals surface area contributed by atoms with E-state index in [9.17, 15) is 18.0 Å². The van der Waals surface area contributed by atoms with Gasteiger partial charge >= 0.3 is 12.3 Å². The van der Waals surface area contributed by atoms with Crippen molar-refractivity contribution in [2.45, 2.75) is 31.1 Å². The molecule has 0 aliphatic heterocycles. The maximum Gasteiger partial charge on any atom is 0.435 e. The van der Waals surface area contributed by atoms with Crippen LogP contribution < -0.4 is 5.32 Å². The Kier molecular flexibility index (Phi) is 2.72. The third kappa shape index (κ3) is 2.51. The molecule has 8 heteroatoms. The molecule has 1 amide bonds. The molecule has 0 bridgehead atoms. The van der Waals surface area contributed by atoms with E-state index in [1.165, 1.54) is 10.9 Å². The summed E-state index contributed by atoms with van der Waals surface area (Å²) in [5, 5.41) is 14.1. The quantitative estimate of drug-likeness (QED) is 0.840. The van der Waals surface area contributed by atoms with Crippen molar-refractivity contribution in [3.63, 3.8) is 0 Å². The molecule has 0 aromatic carbocycles. The van der Waals surface area contributed by atoms with Crippen LogP contribution in [0.3, 0.4) is 0 Å². The zero-order chi connectivity index (χ0) is 12.6. The van der Waals surface area contributed by atoms with Gasteiger partial charge in [-0.2, -0.15) is 18.3 Å². The Bertz CT molecular complexity index is 423. The van der Waals surface area contributed by atoms with E-state index >= 15 is 0 Å². The van der Waals surface area contributed by atoms with Crippen LogP contribution >= 0.6 is 0 Å². The summed E-state index contributed by atoms with van der Waals surface area (Å²) < 4.78 is 38.0. The zero-order valence-electron chi connectivity index (χ0n) is 8.61. The van der Waals surface area contributed by atoms with Gasteiger partial charge in [-0.3, -0.25) is 4.68 Å². The van der Waals surface area contributed by atoms with Crippen LogP contribution in [0.15, 0.2) is 12.3 Å². The average Bonchev–Trinajstić information content (AvgIpc) is 2.57. The van der Waals surface area contributed by atoms with Crippen LogP contribution in [0, 0.1) is 0 Å². The van der Waals surface area contributed by atoms with Gasteiger partial charge in [-0.15, -0.1) is 0 Å². The van der Waals surface area contributed by atoms with E-state index in [-0.39, 0.29) is 12.1 Å². The summed E-state index contributed by atoms with van der Waals surface area (Å²) in [4.78, 5) is 10.3. The topological polar surface area (TPSA) is 67.2 Å². The summed E-state index contributed by atoms with van der Waals surface area (Å²) in [5.41, 5.74) is -0.924. The molecule has 17 heavy (non-hydrogen) atoms. The molecule has 0 spiro atoms. The Hall–Kier alpha value is -1.73. The Morgan fingerprint density at radius 2 is 2.18 bits per heavy atom. The summed E-state index contributed by atoms with van der Waals surface area (Å²) in [6.07, 6.45) is -3.36. The molecule has 0 saturated heterocycles. The highest BCUT2D eigenvalue weighted by Crippen LogP contribution is 2.34. The van der Waals surface area contributed by atoms with Gasteiger partial charge in [0.05, 0.1) is 6.04 Å². The lowest BCUT2D eigenvalue weighted by molar-refractivity contribution is -0.141. The van der Waals surface area contributed by atoms with Crippen molar-refractivity contribution in [3.8, 4) is 0 Å². The number of carboxylic acid groups (broad SMARTS) is 1. The molecule has 1 aromatic heterocycles. The largest absolute Gasteiger partial charge is 0.465 e. The summed E-state index contributed by atoms with van der Waals surface area (Å²) >= 11 is 0. The fraction of sp³-hybridized carbons (Fsp3) is 0.556. The first-order valence-corrected chi connectivity index (χ1v) is 4.98. The van der Waals surface area contributed by atoms with Crippen molar-refractivity contribution in [2.24, 2.45) is 0 Å². The first-order valence-electron chi connectivity index (χ1n) is 4.98. The average molecular weight is 249 g/mol. The molecule has 2 N–H and O–H groups in total. The molecule has 1 heterocycles. The van der Waals surface area contributed by atoms with Gasteiger partial charge in [0.25, 0.3) is 0 Å². The van der Waals surface area contributed by atoms with Crippen molar-refractivity contribution in [3.05, 3.63) is 18.0 Å². The van der Waals surface area contributed by atoms with E-state index < -0.39 is 18.0 Å². The number of carbonyl (C=O) groups is 1. The Morgan fingerprint density at radius 3 is 2.65 bits per heavy atom. The van der Waals surface area contributed by atoms with Gasteiger partial charge in [-0.25, -0.2) is 4.79 Å². The van der Waals surface area contributed by atoms with Gasteiger partial charge in [0.2, 0.25) is 0 Å². The second kappa shape index (κ2) is 3.94. The van der Waals surface area contributed by atoms with Crippen molar-refractivity contribution in [1.82, 2.24) is 15.1 Å². The molecule has 1 aromatic rings. The number of nitrogens with one attached hydrogen (secondary N) is 1. The molecule has 0 unspecified atom stereocenters. The molecule has 2 rings (SSSR count). The first kappa shape index (κ1) is 11.7. The number of rotatable bonds is 2. The maximum atomic E-state index is 12.3. The Morgan fingerprint density at radius 1 is 1.53 bits per heavy atom. The SMILES string of the molecule is O=C(O)N[C@H]1C[C@H](n2ccc(C(F)(F)F)n2)C1. The second-order valence-electron chi connectivity index (χ2n) is 3.95. The first-order chi connectivity index (χ1) is 7.86. The van der Waals surface area contributed by atoms with E-state index in [1.807, 2.05) is 0 Å². The number of alkyl halides is 3. The third-order valence-corrected chi connectivity index (χ3v) is 2.71. The van der Waals surface area contributed by atoms with E-state index in [2.05, 4.69) is 10.4 Å². The second-order valence-corrected chi connectivity index (χ2v) is 3.95. The number of amides is 1. The van der Waals surface area contributed by atoms with Crippen molar-refractivity contribution < 1.29 is 23.1 Å². The summed E-state index contributed by atoms with van der Waals surface area (Å²) in [5.74, 6) is 0. The molecule has 1 saturated carbocycles. The maximum absolute atomic E-state index is 12.3. The highest BCUT2D eigenvalue weighted by atomic mass is 19.4. The van der Waals surface area contributed by atoms with E-state index in [0.717, 1.165) is 6.07 Å². The number of aromatic nitrogens is 2. The molecule has 1 fully saturated rings. The normalized spacial score (nSPS) is 24.2. The summed E-state index contributed by atoms with van der Waals surface area (Å²) in [6.45, 7) is 0. The van der Waals surface area contributed by atoms with Gasteiger partial charge in [0.15, 0.2) is 5.69 Å². The molecule has 1 aliphatic carbocycles. The van der Waals surface area contributed by atoms with Crippen molar-refractivity contribution in [1.29, 1.82) is 0 Å². The van der Waals surface area contributed by atoms with E-state index in [1.54, 1.807) is 0 Å². The number of nitrogens with zero attached hydrogens (tertiary/aromatic N) is 2. The van der Waals surface area contributed by atoms with Gasteiger partial charge in [-0.05, 0) is 18.9 Å². The van der Waals surface area contributed by atoms with E-state index in [4.69, 9.17) is 5.11 Å². The molecule has 94 valence electrons. The number of hydrogen-bond donors (Lipinski definition) is 2. The van der Waals surface area contributed by atoms with Crippen LogP contribution in [0.1, 0.15) is 24.6 Å². The predicted octanol–water partition coefficient (Wildman–Crippen LogP) is 1.87. The lowest BCUT2D eigenvalue weighted by atomic mass is 9.87. The minimum atomic E-state index is -4.44. The summed E-state index contributed by atoms with van der Waals surface area (Å²) in [7, 11) is 0. The third-order valence-electron chi connectivity index (χ3n) is 2.71. The van der Waals surface area contributed by atoms with Crippen LogP contribution in [-0.4, -0.2) is 27.0 Å².